The third kappa shape index (κ3) is 3.20. The topological polar surface area (TPSA) is 74.7 Å². The van der Waals surface area contributed by atoms with Crippen molar-refractivity contribution in [2.45, 2.75) is 13.5 Å². The average Bonchev–Trinajstić information content (AvgIpc) is 2.83. The fourth-order valence-electron chi connectivity index (χ4n) is 1.90. The maximum absolute atomic E-state index is 8.86. The van der Waals surface area contributed by atoms with E-state index in [0.29, 0.717) is 17.1 Å². The molecule has 5 nitrogen and oxygen atoms in total. The fourth-order valence-corrected chi connectivity index (χ4v) is 2.67. The monoisotopic (exact) mass is 310 g/mol. The molecule has 20 heavy (non-hydrogen) atoms. The third-order valence-electron chi connectivity index (χ3n) is 2.82. The standard InChI is InChI=1S/C13H15ClN4OS/c1-8-16-10(7-20-8)6-18(2)12-5-9(14)3-4-11(12)13(15)17-19/h3-5,7,19H,6H2,1-2H3,(H2,15,17). The molecule has 0 aliphatic carbocycles. The lowest BCUT2D eigenvalue weighted by Gasteiger charge is -2.21. The van der Waals surface area contributed by atoms with Gasteiger partial charge in [0, 0.05) is 28.7 Å². The van der Waals surface area contributed by atoms with Gasteiger partial charge >= 0.3 is 0 Å². The molecule has 0 radical (unpaired) electrons. The van der Waals surface area contributed by atoms with E-state index >= 15 is 0 Å². The van der Waals surface area contributed by atoms with Crippen molar-refractivity contribution >= 4 is 34.5 Å². The zero-order valence-corrected chi connectivity index (χ0v) is 12.7. The molecule has 0 amide bonds. The number of anilines is 1. The first-order chi connectivity index (χ1) is 9.51. The fraction of sp³-hybridized carbons (Fsp3) is 0.231. The zero-order chi connectivity index (χ0) is 14.7. The van der Waals surface area contributed by atoms with E-state index in [9.17, 15) is 0 Å². The summed E-state index contributed by atoms with van der Waals surface area (Å²) in [7, 11) is 1.91. The van der Waals surface area contributed by atoms with E-state index in [1.165, 1.54) is 0 Å². The molecule has 0 bridgehead atoms. The summed E-state index contributed by atoms with van der Waals surface area (Å²) in [4.78, 5) is 6.39. The minimum absolute atomic E-state index is 0.0537. The predicted octanol–water partition coefficient (Wildman–Crippen LogP) is 2.84. The quantitative estimate of drug-likeness (QED) is 0.394. The lowest BCUT2D eigenvalue weighted by atomic mass is 10.1. The van der Waals surface area contributed by atoms with Gasteiger partial charge in [0.25, 0.3) is 0 Å². The second-order valence-corrected chi connectivity index (χ2v) is 5.86. The van der Waals surface area contributed by atoms with Gasteiger partial charge in [-0.2, -0.15) is 0 Å². The summed E-state index contributed by atoms with van der Waals surface area (Å²) in [6, 6.07) is 5.23. The van der Waals surface area contributed by atoms with Crippen molar-refractivity contribution in [3.8, 4) is 0 Å². The SMILES string of the molecule is Cc1nc(CN(C)c2cc(Cl)ccc2C(N)=NO)cs1. The third-order valence-corrected chi connectivity index (χ3v) is 3.88. The summed E-state index contributed by atoms with van der Waals surface area (Å²) in [6.07, 6.45) is 0. The van der Waals surface area contributed by atoms with Crippen LogP contribution in [0.25, 0.3) is 0 Å². The Bertz CT molecular complexity index is 641. The molecule has 0 spiro atoms. The van der Waals surface area contributed by atoms with Crippen LogP contribution >= 0.6 is 22.9 Å². The van der Waals surface area contributed by atoms with Crippen LogP contribution in [0.4, 0.5) is 5.69 Å². The number of thiazole rings is 1. The lowest BCUT2D eigenvalue weighted by Crippen LogP contribution is -2.22. The van der Waals surface area contributed by atoms with Gasteiger partial charge in [0.1, 0.15) is 0 Å². The van der Waals surface area contributed by atoms with Crippen molar-refractivity contribution in [2.75, 3.05) is 11.9 Å². The molecule has 1 heterocycles. The molecule has 0 fully saturated rings. The highest BCUT2D eigenvalue weighted by Crippen LogP contribution is 2.25. The van der Waals surface area contributed by atoms with Gasteiger partial charge in [-0.05, 0) is 25.1 Å². The van der Waals surface area contributed by atoms with Crippen LogP contribution in [0.2, 0.25) is 5.02 Å². The van der Waals surface area contributed by atoms with E-state index in [1.807, 2.05) is 24.3 Å². The van der Waals surface area contributed by atoms with Gasteiger partial charge in [0.05, 0.1) is 17.2 Å². The zero-order valence-electron chi connectivity index (χ0n) is 11.2. The van der Waals surface area contributed by atoms with Gasteiger partial charge < -0.3 is 15.8 Å². The second-order valence-electron chi connectivity index (χ2n) is 4.36. The number of aryl methyl sites for hydroxylation is 1. The van der Waals surface area contributed by atoms with Crippen molar-refractivity contribution in [3.63, 3.8) is 0 Å². The Hall–Kier alpha value is -1.79. The van der Waals surface area contributed by atoms with Crippen molar-refractivity contribution in [1.29, 1.82) is 0 Å². The van der Waals surface area contributed by atoms with Crippen LogP contribution in [0.3, 0.4) is 0 Å². The van der Waals surface area contributed by atoms with Gasteiger partial charge in [0.15, 0.2) is 5.84 Å². The molecule has 106 valence electrons. The highest BCUT2D eigenvalue weighted by atomic mass is 35.5. The van der Waals surface area contributed by atoms with Crippen LogP contribution in [-0.2, 0) is 6.54 Å². The molecule has 0 aliphatic heterocycles. The van der Waals surface area contributed by atoms with E-state index < -0.39 is 0 Å². The predicted molar refractivity (Wildman–Crippen MR) is 82.9 cm³/mol. The summed E-state index contributed by atoms with van der Waals surface area (Å²) in [5.41, 5.74) is 8.09. The van der Waals surface area contributed by atoms with Crippen molar-refractivity contribution in [2.24, 2.45) is 10.9 Å². The minimum atomic E-state index is 0.0537. The van der Waals surface area contributed by atoms with Gasteiger partial charge in [0.2, 0.25) is 0 Å². The highest BCUT2D eigenvalue weighted by molar-refractivity contribution is 7.09. The Morgan fingerprint density at radius 2 is 2.30 bits per heavy atom. The maximum atomic E-state index is 8.86. The summed E-state index contributed by atoms with van der Waals surface area (Å²) < 4.78 is 0. The Morgan fingerprint density at radius 3 is 2.90 bits per heavy atom. The van der Waals surface area contributed by atoms with Gasteiger partial charge in [-0.25, -0.2) is 4.98 Å². The highest BCUT2D eigenvalue weighted by Gasteiger charge is 2.13. The van der Waals surface area contributed by atoms with Crippen molar-refractivity contribution in [1.82, 2.24) is 4.98 Å². The smallest absolute Gasteiger partial charge is 0.172 e. The average molecular weight is 311 g/mol. The number of amidine groups is 1. The van der Waals surface area contributed by atoms with E-state index in [1.54, 1.807) is 29.5 Å². The molecule has 0 unspecified atom stereocenters. The maximum Gasteiger partial charge on any atom is 0.172 e. The normalized spacial score (nSPS) is 11.7. The van der Waals surface area contributed by atoms with Crippen LogP contribution in [-0.4, -0.2) is 23.1 Å². The molecular formula is C13H15ClN4OS. The Kier molecular flexibility index (Phi) is 4.46. The van der Waals surface area contributed by atoms with Gasteiger partial charge in [-0.15, -0.1) is 11.3 Å². The number of benzene rings is 1. The Balaban J connectivity index is 2.32. The number of nitrogens with zero attached hydrogens (tertiary/aromatic N) is 3. The second kappa shape index (κ2) is 6.11. The largest absolute Gasteiger partial charge is 0.409 e. The first kappa shape index (κ1) is 14.6. The van der Waals surface area contributed by atoms with Crippen LogP contribution in [0.5, 0.6) is 0 Å². The van der Waals surface area contributed by atoms with E-state index in [-0.39, 0.29) is 5.84 Å². The molecule has 1 aromatic carbocycles. The number of hydrogen-bond acceptors (Lipinski definition) is 5. The minimum Gasteiger partial charge on any atom is -0.409 e. The molecule has 0 saturated heterocycles. The molecule has 2 rings (SSSR count). The summed E-state index contributed by atoms with van der Waals surface area (Å²) in [5.74, 6) is 0.0537. The van der Waals surface area contributed by atoms with Crippen LogP contribution in [0.15, 0.2) is 28.7 Å². The van der Waals surface area contributed by atoms with E-state index in [4.69, 9.17) is 22.5 Å². The molecule has 7 heteroatoms. The Morgan fingerprint density at radius 1 is 1.55 bits per heavy atom. The number of nitrogens with two attached hydrogens (primary N) is 1. The van der Waals surface area contributed by atoms with Crippen LogP contribution in [0.1, 0.15) is 16.3 Å². The molecule has 0 atom stereocenters. The number of hydrogen-bond donors (Lipinski definition) is 2. The first-order valence-electron chi connectivity index (χ1n) is 5.91. The van der Waals surface area contributed by atoms with Crippen molar-refractivity contribution < 1.29 is 5.21 Å². The number of rotatable bonds is 4. The molecule has 0 aliphatic rings. The van der Waals surface area contributed by atoms with E-state index in [2.05, 4.69) is 10.1 Å². The number of halogens is 1. The number of oxime groups is 1. The number of aromatic nitrogens is 1. The lowest BCUT2D eigenvalue weighted by molar-refractivity contribution is 0.318. The van der Waals surface area contributed by atoms with Gasteiger partial charge in [-0.1, -0.05) is 16.8 Å². The molecule has 0 saturated carbocycles. The molecular weight excluding hydrogens is 296 g/mol. The summed E-state index contributed by atoms with van der Waals surface area (Å²) >= 11 is 7.64. The molecule has 2 aromatic rings. The Labute approximate surface area is 126 Å². The van der Waals surface area contributed by atoms with Crippen molar-refractivity contribution in [3.05, 3.63) is 44.9 Å². The molecule has 1 aromatic heterocycles. The van der Waals surface area contributed by atoms with E-state index in [0.717, 1.165) is 16.4 Å². The first-order valence-corrected chi connectivity index (χ1v) is 7.16. The molecule has 3 N–H and O–H groups in total. The van der Waals surface area contributed by atoms with Crippen LogP contribution < -0.4 is 10.6 Å². The van der Waals surface area contributed by atoms with Gasteiger partial charge in [-0.3, -0.25) is 0 Å². The summed E-state index contributed by atoms with van der Waals surface area (Å²) in [5, 5.41) is 15.5. The van der Waals surface area contributed by atoms with Crippen LogP contribution in [0, 0.1) is 6.92 Å². The summed E-state index contributed by atoms with van der Waals surface area (Å²) in [6.45, 7) is 2.59.